The van der Waals surface area contributed by atoms with Crippen molar-refractivity contribution in [1.29, 1.82) is 0 Å². The van der Waals surface area contributed by atoms with Gasteiger partial charge in [-0.25, -0.2) is 4.90 Å². The lowest BCUT2D eigenvalue weighted by atomic mass is 10.0. The molecule has 0 saturated carbocycles. The fraction of sp³-hybridized carbons (Fsp3) is 0.154. The predicted octanol–water partition coefficient (Wildman–Crippen LogP) is 6.03. The van der Waals surface area contributed by atoms with Crippen molar-refractivity contribution in [3.05, 3.63) is 100 Å². The molecule has 0 aliphatic carbocycles. The number of benzene rings is 3. The van der Waals surface area contributed by atoms with Crippen molar-refractivity contribution < 1.29 is 22.8 Å². The smallest absolute Gasteiger partial charge is 0.350 e. The quantitative estimate of drug-likeness (QED) is 0.494. The summed E-state index contributed by atoms with van der Waals surface area (Å²) >= 11 is 0. The average molecular weight is 450 g/mol. The highest BCUT2D eigenvalue weighted by Gasteiger charge is 2.40. The van der Waals surface area contributed by atoms with E-state index < -0.39 is 23.6 Å². The Morgan fingerprint density at radius 2 is 1.30 bits per heavy atom. The number of imide groups is 1. The number of halogens is 3. The average Bonchev–Trinajstić information content (AvgIpc) is 2.97. The van der Waals surface area contributed by atoms with Gasteiger partial charge in [0.2, 0.25) is 0 Å². The molecule has 3 aromatic carbocycles. The summed E-state index contributed by atoms with van der Waals surface area (Å²) in [6.07, 6.45) is -4.52. The third-order valence-electron chi connectivity index (χ3n) is 5.37. The first-order valence-electron chi connectivity index (χ1n) is 10.3. The Morgan fingerprint density at radius 3 is 1.85 bits per heavy atom. The van der Waals surface area contributed by atoms with Gasteiger partial charge in [-0.3, -0.25) is 9.59 Å². The number of alkyl halides is 3. The van der Waals surface area contributed by atoms with Crippen LogP contribution in [-0.4, -0.2) is 11.8 Å². The van der Waals surface area contributed by atoms with Gasteiger partial charge in [-0.15, -0.1) is 0 Å². The Bertz CT molecular complexity index is 1250. The van der Waals surface area contributed by atoms with Gasteiger partial charge in [0.15, 0.2) is 0 Å². The van der Waals surface area contributed by atoms with E-state index in [1.54, 1.807) is 12.1 Å². The molecule has 1 aliphatic heterocycles. The Labute approximate surface area is 189 Å². The monoisotopic (exact) mass is 450 g/mol. The highest BCUT2D eigenvalue weighted by Crippen LogP contribution is 2.36. The van der Waals surface area contributed by atoms with Crippen molar-refractivity contribution in [2.45, 2.75) is 26.9 Å². The molecule has 4 rings (SSSR count). The summed E-state index contributed by atoms with van der Waals surface area (Å²) in [6, 6.07) is 16.8. The highest BCUT2D eigenvalue weighted by atomic mass is 19.4. The molecule has 4 nitrogen and oxygen atoms in total. The number of rotatable bonds is 4. The molecule has 0 atom stereocenters. The van der Waals surface area contributed by atoms with E-state index in [9.17, 15) is 22.8 Å². The van der Waals surface area contributed by atoms with E-state index in [0.717, 1.165) is 45.9 Å². The van der Waals surface area contributed by atoms with Crippen LogP contribution in [0.15, 0.2) is 72.4 Å². The van der Waals surface area contributed by atoms with Crippen molar-refractivity contribution in [1.82, 2.24) is 0 Å². The molecular formula is C26H21F3N2O2. The van der Waals surface area contributed by atoms with E-state index in [-0.39, 0.29) is 17.0 Å². The lowest BCUT2D eigenvalue weighted by Gasteiger charge is -2.16. The van der Waals surface area contributed by atoms with Gasteiger partial charge in [-0.1, -0.05) is 35.9 Å². The van der Waals surface area contributed by atoms with Gasteiger partial charge in [0.25, 0.3) is 11.8 Å². The third-order valence-corrected chi connectivity index (χ3v) is 5.37. The molecule has 0 aromatic heterocycles. The molecule has 0 bridgehead atoms. The topological polar surface area (TPSA) is 49.4 Å². The first-order chi connectivity index (χ1) is 15.5. The Balaban J connectivity index is 1.79. The number of anilines is 2. The zero-order valence-electron chi connectivity index (χ0n) is 18.2. The van der Waals surface area contributed by atoms with Crippen LogP contribution in [0.2, 0.25) is 0 Å². The van der Waals surface area contributed by atoms with Crippen LogP contribution in [0.3, 0.4) is 0 Å². The number of nitrogens with one attached hydrogen (secondary N) is 1. The zero-order valence-corrected chi connectivity index (χ0v) is 18.2. The van der Waals surface area contributed by atoms with Crippen molar-refractivity contribution in [3.8, 4) is 0 Å². The number of amides is 2. The van der Waals surface area contributed by atoms with Gasteiger partial charge in [0.05, 0.1) is 16.8 Å². The van der Waals surface area contributed by atoms with E-state index in [1.165, 1.54) is 0 Å². The molecule has 0 radical (unpaired) electrons. The fourth-order valence-electron chi connectivity index (χ4n) is 3.86. The Morgan fingerprint density at radius 1 is 0.727 bits per heavy atom. The summed E-state index contributed by atoms with van der Waals surface area (Å²) < 4.78 is 38.9. The van der Waals surface area contributed by atoms with Crippen LogP contribution < -0.4 is 10.2 Å². The Kier molecular flexibility index (Phi) is 5.57. The lowest BCUT2D eigenvalue weighted by molar-refractivity contribution is -0.137. The summed E-state index contributed by atoms with van der Waals surface area (Å²) in [5.74, 6) is -1.23. The van der Waals surface area contributed by atoms with E-state index in [2.05, 4.69) is 5.32 Å². The molecule has 33 heavy (non-hydrogen) atoms. The van der Waals surface area contributed by atoms with Crippen LogP contribution in [0, 0.1) is 20.8 Å². The van der Waals surface area contributed by atoms with Crippen LogP contribution in [0.1, 0.15) is 27.8 Å². The number of aryl methyl sites for hydroxylation is 3. The largest absolute Gasteiger partial charge is 0.416 e. The highest BCUT2D eigenvalue weighted by molar-refractivity contribution is 6.46. The summed E-state index contributed by atoms with van der Waals surface area (Å²) in [5.41, 5.74) is 3.58. The van der Waals surface area contributed by atoms with Crippen LogP contribution >= 0.6 is 0 Å². The minimum absolute atomic E-state index is 0.0693. The maximum Gasteiger partial charge on any atom is 0.416 e. The molecule has 2 amide bonds. The molecule has 0 unspecified atom stereocenters. The standard InChI is InChI=1S/C26H21F3N2O2/c1-15-4-6-18(7-5-15)22-23(30-20-13-16(2)12-17(3)14-20)25(33)31(24(22)32)21-10-8-19(9-11-21)26(27,28)29/h4-14,30H,1-3H3. The maximum absolute atomic E-state index is 13.4. The van der Waals surface area contributed by atoms with Gasteiger partial charge in [0.1, 0.15) is 5.70 Å². The molecule has 0 fully saturated rings. The van der Waals surface area contributed by atoms with Gasteiger partial charge in [-0.2, -0.15) is 13.2 Å². The number of hydrogen-bond donors (Lipinski definition) is 1. The first-order valence-corrected chi connectivity index (χ1v) is 10.3. The van der Waals surface area contributed by atoms with E-state index in [0.29, 0.717) is 11.3 Å². The van der Waals surface area contributed by atoms with Crippen LogP contribution in [-0.2, 0) is 15.8 Å². The van der Waals surface area contributed by atoms with Crippen molar-refractivity contribution in [3.63, 3.8) is 0 Å². The van der Waals surface area contributed by atoms with E-state index in [4.69, 9.17) is 0 Å². The fourth-order valence-corrected chi connectivity index (χ4v) is 3.86. The summed E-state index contributed by atoms with van der Waals surface area (Å²) in [7, 11) is 0. The Hall–Kier alpha value is -3.87. The van der Waals surface area contributed by atoms with Crippen LogP contribution in [0.25, 0.3) is 5.57 Å². The lowest BCUT2D eigenvalue weighted by Crippen LogP contribution is -2.32. The molecule has 7 heteroatoms. The minimum atomic E-state index is -4.52. The predicted molar refractivity (Wildman–Crippen MR) is 122 cm³/mol. The van der Waals surface area contributed by atoms with Gasteiger partial charge >= 0.3 is 6.18 Å². The molecule has 168 valence electrons. The minimum Gasteiger partial charge on any atom is -0.350 e. The van der Waals surface area contributed by atoms with E-state index in [1.807, 2.05) is 51.1 Å². The summed E-state index contributed by atoms with van der Waals surface area (Å²) in [6.45, 7) is 5.75. The van der Waals surface area contributed by atoms with Crippen molar-refractivity contribution in [2.24, 2.45) is 0 Å². The van der Waals surface area contributed by atoms with E-state index >= 15 is 0 Å². The first kappa shape index (κ1) is 22.3. The molecular weight excluding hydrogens is 429 g/mol. The molecule has 3 aromatic rings. The second kappa shape index (κ2) is 8.24. The summed E-state index contributed by atoms with van der Waals surface area (Å²) in [5, 5.41) is 3.09. The molecule has 0 saturated heterocycles. The number of hydrogen-bond acceptors (Lipinski definition) is 3. The molecule has 0 spiro atoms. The molecule has 1 N–H and O–H groups in total. The second-order valence-electron chi connectivity index (χ2n) is 8.11. The van der Waals surface area contributed by atoms with Crippen LogP contribution in [0.4, 0.5) is 24.5 Å². The number of carbonyl (C=O) groups is 2. The molecule has 1 heterocycles. The zero-order chi connectivity index (χ0) is 23.9. The van der Waals surface area contributed by atoms with Gasteiger partial charge < -0.3 is 5.32 Å². The van der Waals surface area contributed by atoms with Gasteiger partial charge in [-0.05, 0) is 73.9 Å². The number of carbonyl (C=O) groups excluding carboxylic acids is 2. The number of nitrogens with zero attached hydrogens (tertiary/aromatic N) is 1. The van der Waals surface area contributed by atoms with Crippen molar-refractivity contribution in [2.75, 3.05) is 10.2 Å². The second-order valence-corrected chi connectivity index (χ2v) is 8.11. The molecule has 1 aliphatic rings. The van der Waals surface area contributed by atoms with Crippen LogP contribution in [0.5, 0.6) is 0 Å². The summed E-state index contributed by atoms with van der Waals surface area (Å²) in [4.78, 5) is 27.7. The SMILES string of the molecule is Cc1ccc(C2=C(Nc3cc(C)cc(C)c3)C(=O)N(c3ccc(C(F)(F)F)cc3)C2=O)cc1. The normalized spacial score (nSPS) is 14.3. The van der Waals surface area contributed by atoms with Crippen molar-refractivity contribution >= 4 is 28.8 Å². The maximum atomic E-state index is 13.4. The van der Waals surface area contributed by atoms with Gasteiger partial charge in [0, 0.05) is 5.69 Å². The third kappa shape index (κ3) is 4.39.